The van der Waals surface area contributed by atoms with Crippen LogP contribution in [-0.2, 0) is 4.79 Å². The number of carbonyl (C=O) groups is 1. The maximum Gasteiger partial charge on any atom is 0.309 e. The fraction of sp³-hybridized carbons (Fsp3) is 0.857. The van der Waals surface area contributed by atoms with Crippen LogP contribution < -0.4 is 0 Å². The molecule has 1 rings (SSSR count). The highest BCUT2D eigenvalue weighted by Crippen LogP contribution is 2.25. The molecule has 0 spiro atoms. The van der Waals surface area contributed by atoms with E-state index < -0.39 is 36.3 Å². The van der Waals surface area contributed by atoms with Crippen LogP contribution in [0.15, 0.2) is 0 Å². The van der Waals surface area contributed by atoms with E-state index in [0.717, 1.165) is 0 Å². The second kappa shape index (κ2) is 3.59. The number of hydrogen-bond acceptors (Lipinski definition) is 5. The molecule has 0 amide bonds. The molecule has 0 aromatic heterocycles. The van der Waals surface area contributed by atoms with Crippen molar-refractivity contribution < 1.29 is 30.3 Å². The van der Waals surface area contributed by atoms with Gasteiger partial charge in [0.1, 0.15) is 12.2 Å². The van der Waals surface area contributed by atoms with Crippen molar-refractivity contribution in [2.45, 2.75) is 30.8 Å². The average molecular weight is 192 g/mol. The van der Waals surface area contributed by atoms with Gasteiger partial charge < -0.3 is 25.5 Å². The van der Waals surface area contributed by atoms with Crippen LogP contribution >= 0.6 is 0 Å². The number of carboxylic acid groups (broad SMARTS) is 1. The van der Waals surface area contributed by atoms with Crippen molar-refractivity contribution in [3.63, 3.8) is 0 Å². The molecule has 5 atom stereocenters. The summed E-state index contributed by atoms with van der Waals surface area (Å²) in [7, 11) is 0. The van der Waals surface area contributed by atoms with Crippen molar-refractivity contribution in [1.82, 2.24) is 0 Å². The van der Waals surface area contributed by atoms with E-state index >= 15 is 0 Å². The molecule has 1 fully saturated rings. The molecule has 0 aromatic carbocycles. The fourth-order valence-electron chi connectivity index (χ4n) is 1.45. The Bertz CT molecular complexity index is 205. The van der Waals surface area contributed by atoms with Gasteiger partial charge in [-0.1, -0.05) is 0 Å². The van der Waals surface area contributed by atoms with Gasteiger partial charge in [-0.25, -0.2) is 0 Å². The van der Waals surface area contributed by atoms with Crippen LogP contribution in [-0.4, -0.2) is 55.9 Å². The lowest BCUT2D eigenvalue weighted by Crippen LogP contribution is -2.55. The van der Waals surface area contributed by atoms with Crippen LogP contribution in [0.25, 0.3) is 0 Å². The molecule has 1 saturated carbocycles. The number of rotatable bonds is 1. The molecule has 76 valence electrons. The smallest absolute Gasteiger partial charge is 0.309 e. The predicted octanol–water partition coefficient (Wildman–Crippen LogP) is -2.47. The summed E-state index contributed by atoms with van der Waals surface area (Å²) in [6.07, 6.45) is -6.18. The van der Waals surface area contributed by atoms with Crippen molar-refractivity contribution in [2.24, 2.45) is 5.92 Å². The number of aliphatic carboxylic acids is 1. The first kappa shape index (κ1) is 10.4. The molecular formula is C7H12O6. The van der Waals surface area contributed by atoms with Crippen LogP contribution in [0.2, 0.25) is 0 Å². The standard InChI is InChI=1S/C7H12O6/c8-3-1-2(7(12)13)4(9)6(11)5(3)10/h2-6,8-11H,1H2,(H,12,13)/t2?,3?,4-,5?,6?/m0/s1. The van der Waals surface area contributed by atoms with Gasteiger partial charge in [-0.2, -0.15) is 0 Å². The Balaban J connectivity index is 2.76. The first-order valence-corrected chi connectivity index (χ1v) is 3.90. The van der Waals surface area contributed by atoms with E-state index in [1.54, 1.807) is 0 Å². The predicted molar refractivity (Wildman–Crippen MR) is 39.8 cm³/mol. The van der Waals surface area contributed by atoms with Gasteiger partial charge in [-0.3, -0.25) is 4.79 Å². The van der Waals surface area contributed by atoms with Gasteiger partial charge in [-0.05, 0) is 6.42 Å². The Morgan fingerprint density at radius 1 is 1.00 bits per heavy atom. The largest absolute Gasteiger partial charge is 0.481 e. The highest BCUT2D eigenvalue weighted by atomic mass is 16.4. The van der Waals surface area contributed by atoms with Crippen molar-refractivity contribution >= 4 is 5.97 Å². The minimum absolute atomic E-state index is 0.255. The minimum Gasteiger partial charge on any atom is -0.481 e. The third-order valence-corrected chi connectivity index (χ3v) is 2.32. The van der Waals surface area contributed by atoms with E-state index in [1.807, 2.05) is 0 Å². The lowest BCUT2D eigenvalue weighted by molar-refractivity contribution is -0.178. The number of aliphatic hydroxyl groups is 4. The molecule has 0 bridgehead atoms. The van der Waals surface area contributed by atoms with E-state index in [4.69, 9.17) is 20.4 Å². The van der Waals surface area contributed by atoms with Gasteiger partial charge in [0, 0.05) is 0 Å². The first-order valence-electron chi connectivity index (χ1n) is 3.90. The van der Waals surface area contributed by atoms with Gasteiger partial charge in [-0.15, -0.1) is 0 Å². The SMILES string of the molecule is O=C(O)C1CC(O)C(O)C(O)[C@H]1O. The van der Waals surface area contributed by atoms with E-state index in [0.29, 0.717) is 0 Å². The minimum atomic E-state index is -1.61. The second-order valence-electron chi connectivity index (χ2n) is 3.22. The summed E-state index contributed by atoms with van der Waals surface area (Å²) in [6.45, 7) is 0. The molecule has 0 aromatic rings. The molecule has 0 radical (unpaired) electrons. The van der Waals surface area contributed by atoms with Gasteiger partial charge in [0.25, 0.3) is 0 Å². The summed E-state index contributed by atoms with van der Waals surface area (Å²) in [5.74, 6) is -2.52. The molecule has 1 aliphatic rings. The molecule has 4 unspecified atom stereocenters. The van der Waals surface area contributed by atoms with Gasteiger partial charge >= 0.3 is 5.97 Å². The second-order valence-corrected chi connectivity index (χ2v) is 3.22. The van der Waals surface area contributed by atoms with Gasteiger partial charge in [0.15, 0.2) is 0 Å². The number of carboxylic acids is 1. The molecular weight excluding hydrogens is 180 g/mol. The Morgan fingerprint density at radius 2 is 1.54 bits per heavy atom. The van der Waals surface area contributed by atoms with Gasteiger partial charge in [0.2, 0.25) is 0 Å². The lowest BCUT2D eigenvalue weighted by Gasteiger charge is -2.36. The summed E-state index contributed by atoms with van der Waals surface area (Å²) >= 11 is 0. The molecule has 1 aliphatic carbocycles. The van der Waals surface area contributed by atoms with Crippen LogP contribution in [0, 0.1) is 5.92 Å². The Labute approximate surface area is 74.1 Å². The lowest BCUT2D eigenvalue weighted by atomic mass is 9.81. The summed E-state index contributed by atoms with van der Waals surface area (Å²) < 4.78 is 0. The van der Waals surface area contributed by atoms with Crippen molar-refractivity contribution in [3.8, 4) is 0 Å². The summed E-state index contributed by atoms with van der Waals surface area (Å²) in [6, 6.07) is 0. The normalized spacial score (nSPS) is 46.0. The Kier molecular flexibility index (Phi) is 2.87. The molecule has 0 aliphatic heterocycles. The van der Waals surface area contributed by atoms with Crippen LogP contribution in [0.3, 0.4) is 0 Å². The summed E-state index contributed by atoms with van der Waals surface area (Å²) in [4.78, 5) is 10.5. The highest BCUT2D eigenvalue weighted by Gasteiger charge is 2.44. The molecule has 6 heteroatoms. The average Bonchev–Trinajstić information content (AvgIpc) is 2.07. The van der Waals surface area contributed by atoms with E-state index in [-0.39, 0.29) is 6.42 Å². The van der Waals surface area contributed by atoms with E-state index in [1.165, 1.54) is 0 Å². The number of aliphatic hydroxyl groups excluding tert-OH is 4. The monoisotopic (exact) mass is 192 g/mol. The van der Waals surface area contributed by atoms with Crippen molar-refractivity contribution in [2.75, 3.05) is 0 Å². The maximum atomic E-state index is 10.5. The zero-order valence-corrected chi connectivity index (χ0v) is 6.74. The van der Waals surface area contributed by atoms with Crippen LogP contribution in [0.5, 0.6) is 0 Å². The van der Waals surface area contributed by atoms with E-state index in [2.05, 4.69) is 0 Å². The topological polar surface area (TPSA) is 118 Å². The molecule has 0 heterocycles. The van der Waals surface area contributed by atoms with Crippen molar-refractivity contribution in [3.05, 3.63) is 0 Å². The quantitative estimate of drug-likeness (QED) is 0.314. The number of hydrogen-bond donors (Lipinski definition) is 5. The first-order chi connectivity index (χ1) is 5.95. The van der Waals surface area contributed by atoms with Crippen LogP contribution in [0.4, 0.5) is 0 Å². The summed E-state index contributed by atoms with van der Waals surface area (Å²) in [5.41, 5.74) is 0. The maximum absolute atomic E-state index is 10.5. The third kappa shape index (κ3) is 1.80. The fourth-order valence-corrected chi connectivity index (χ4v) is 1.45. The van der Waals surface area contributed by atoms with E-state index in [9.17, 15) is 9.90 Å². The summed E-state index contributed by atoms with van der Waals surface area (Å²) in [5, 5.41) is 45.0. The molecule has 0 saturated heterocycles. The van der Waals surface area contributed by atoms with Crippen LogP contribution in [0.1, 0.15) is 6.42 Å². The zero-order valence-electron chi connectivity index (χ0n) is 6.74. The van der Waals surface area contributed by atoms with Gasteiger partial charge in [0.05, 0.1) is 18.1 Å². The molecule has 6 nitrogen and oxygen atoms in total. The Hall–Kier alpha value is -0.690. The third-order valence-electron chi connectivity index (χ3n) is 2.32. The van der Waals surface area contributed by atoms with Crippen molar-refractivity contribution in [1.29, 1.82) is 0 Å². The molecule has 5 N–H and O–H groups in total. The zero-order chi connectivity index (χ0) is 10.2. The Morgan fingerprint density at radius 3 is 2.00 bits per heavy atom. The molecule has 13 heavy (non-hydrogen) atoms. The highest BCUT2D eigenvalue weighted by molar-refractivity contribution is 5.71.